The first-order chi connectivity index (χ1) is 17.8. The number of aromatic carboxylic acids is 1. The Morgan fingerprint density at radius 3 is 2.38 bits per heavy atom. The quantitative estimate of drug-likeness (QED) is 0.176. The summed E-state index contributed by atoms with van der Waals surface area (Å²) >= 11 is 6.77. The standard InChI is InChI=1S/C24H21AsClFNO2P.C6H14/c1-15-14-31(15)10-9-28(17-5-3-2-4-6-17)23-13-21(26)18(12-20(23)25-31)16-7-8-22(27)19(11-16)24(29)30;1-3-5-6-4-2/h2-8,11-13,15H,9-10,14H2,1H3,(H,29,30);3-6H2,1-2H3/q+1;. The summed E-state index contributed by atoms with van der Waals surface area (Å²) in [5, 5.41) is 9.89. The first-order valence-corrected chi connectivity index (χ1v) is 19.1. The topological polar surface area (TPSA) is 40.5 Å². The van der Waals surface area contributed by atoms with Crippen LogP contribution in [0.5, 0.6) is 0 Å². The van der Waals surface area contributed by atoms with Crippen LogP contribution in [0.15, 0.2) is 60.7 Å². The maximum atomic E-state index is 13.9. The average molecular weight is 602 g/mol. The van der Waals surface area contributed by atoms with Gasteiger partial charge in [-0.3, -0.25) is 0 Å². The fourth-order valence-electron chi connectivity index (χ4n) is 4.82. The van der Waals surface area contributed by atoms with Crippen LogP contribution in [0.25, 0.3) is 11.1 Å². The number of rotatable bonds is 6. The van der Waals surface area contributed by atoms with E-state index in [0.29, 0.717) is 10.6 Å². The number of halogens is 2. The average Bonchev–Trinajstić information content (AvgIpc) is 3.57. The SMILES string of the molecule is CC1C[P+]12CCN(c1ccccc1)c1cc(Cl)c(-c3ccc(F)c(C(=O)O)c3)cc1[As]2.CCCCCC. The molecule has 1 radical (unpaired) electrons. The van der Waals surface area contributed by atoms with Crippen LogP contribution in [0, 0.1) is 5.82 Å². The predicted molar refractivity (Wildman–Crippen MR) is 159 cm³/mol. The maximum Gasteiger partial charge on any atom is -0.0536 e. The molecule has 2 aliphatic rings. The summed E-state index contributed by atoms with van der Waals surface area (Å²) in [6.45, 7) is 7.85. The van der Waals surface area contributed by atoms with Gasteiger partial charge in [0, 0.05) is 0 Å². The summed E-state index contributed by atoms with van der Waals surface area (Å²) in [4.78, 5) is 13.8. The molecule has 1 N–H and O–H groups in total. The van der Waals surface area contributed by atoms with Crippen LogP contribution in [0.3, 0.4) is 0 Å². The van der Waals surface area contributed by atoms with Crippen LogP contribution < -0.4 is 9.25 Å². The molecule has 2 aliphatic heterocycles. The molecule has 3 aromatic rings. The second-order valence-corrected chi connectivity index (χ2v) is 21.4. The number of carboxylic acids is 1. The summed E-state index contributed by atoms with van der Waals surface area (Å²) < 4.78 is 15.3. The van der Waals surface area contributed by atoms with E-state index in [1.807, 2.05) is 12.1 Å². The van der Waals surface area contributed by atoms with Crippen LogP contribution >= 0.6 is 17.4 Å². The predicted octanol–water partition coefficient (Wildman–Crippen LogP) is 8.25. The van der Waals surface area contributed by atoms with Gasteiger partial charge in [0.1, 0.15) is 0 Å². The first kappa shape index (κ1) is 28.2. The molecular formula is C30H35AsClFNO2P+. The summed E-state index contributed by atoms with van der Waals surface area (Å²) in [6, 6.07) is 18.8. The van der Waals surface area contributed by atoms with E-state index in [0.717, 1.165) is 23.5 Å². The van der Waals surface area contributed by atoms with Crippen molar-refractivity contribution < 1.29 is 14.3 Å². The van der Waals surface area contributed by atoms with Crippen molar-refractivity contribution >= 4 is 54.4 Å². The Kier molecular flexibility index (Phi) is 9.38. The molecule has 1 saturated heterocycles. The molecule has 0 bridgehead atoms. The van der Waals surface area contributed by atoms with E-state index in [-0.39, 0.29) is 20.9 Å². The third-order valence-corrected chi connectivity index (χ3v) is 21.0. The van der Waals surface area contributed by atoms with E-state index >= 15 is 0 Å². The zero-order chi connectivity index (χ0) is 26.6. The van der Waals surface area contributed by atoms with Crippen LogP contribution in [0.1, 0.15) is 56.8 Å². The number of unbranched alkanes of at least 4 members (excludes halogenated alkanes) is 3. The fourth-order valence-corrected chi connectivity index (χ4v) is 18.3. The van der Waals surface area contributed by atoms with Crippen molar-refractivity contribution in [3.8, 4) is 11.1 Å². The van der Waals surface area contributed by atoms with E-state index in [1.165, 1.54) is 60.2 Å². The second kappa shape index (κ2) is 12.3. The van der Waals surface area contributed by atoms with Crippen molar-refractivity contribution in [1.82, 2.24) is 0 Å². The van der Waals surface area contributed by atoms with Gasteiger partial charge in [-0.05, 0) is 0 Å². The monoisotopic (exact) mass is 601 g/mol. The molecule has 7 heteroatoms. The van der Waals surface area contributed by atoms with Crippen LogP contribution in [0.2, 0.25) is 5.02 Å². The fraction of sp³-hybridized carbons (Fsp3) is 0.367. The van der Waals surface area contributed by atoms with E-state index in [4.69, 9.17) is 11.6 Å². The smallest absolute Gasteiger partial charge is 0.0536 e. The molecule has 0 aliphatic carbocycles. The van der Waals surface area contributed by atoms with Gasteiger partial charge in [0.25, 0.3) is 0 Å². The molecule has 37 heavy (non-hydrogen) atoms. The van der Waals surface area contributed by atoms with Crippen molar-refractivity contribution in [3.05, 3.63) is 77.1 Å². The molecule has 0 amide bonds. The minimum absolute atomic E-state index is 0.0262. The Balaban J connectivity index is 0.000000480. The van der Waals surface area contributed by atoms with E-state index in [9.17, 15) is 14.3 Å². The Hall–Kier alpha value is -1.86. The first-order valence-electron chi connectivity index (χ1n) is 13.1. The molecule has 0 aromatic heterocycles. The molecule has 1 fully saturated rings. The van der Waals surface area contributed by atoms with Gasteiger partial charge >= 0.3 is 193 Å². The van der Waals surface area contributed by atoms with Crippen molar-refractivity contribution in [2.24, 2.45) is 0 Å². The summed E-state index contributed by atoms with van der Waals surface area (Å²) in [6.07, 6.45) is 8.17. The molecule has 2 heterocycles. The number of benzene rings is 3. The van der Waals surface area contributed by atoms with Gasteiger partial charge in [-0.1, -0.05) is 39.5 Å². The maximum absolute atomic E-state index is 13.9. The van der Waals surface area contributed by atoms with Gasteiger partial charge in [-0.2, -0.15) is 0 Å². The Bertz CT molecular complexity index is 1250. The number of carbonyl (C=O) groups is 1. The summed E-state index contributed by atoms with van der Waals surface area (Å²) in [5.74, 6) is -2.93. The van der Waals surface area contributed by atoms with Crippen LogP contribution in [-0.4, -0.2) is 50.9 Å². The number of hydrogen-bond donors (Lipinski definition) is 1. The number of anilines is 2. The van der Waals surface area contributed by atoms with Gasteiger partial charge in [-0.25, -0.2) is 0 Å². The molecule has 0 saturated carbocycles. The van der Waals surface area contributed by atoms with Gasteiger partial charge in [0.15, 0.2) is 0 Å². The molecule has 2 atom stereocenters. The minimum atomic E-state index is -1.27. The van der Waals surface area contributed by atoms with Gasteiger partial charge in [0.2, 0.25) is 0 Å². The summed E-state index contributed by atoms with van der Waals surface area (Å²) in [7, 11) is 0. The molecule has 3 nitrogen and oxygen atoms in total. The third-order valence-electron chi connectivity index (χ3n) is 7.17. The second-order valence-electron chi connectivity index (χ2n) is 9.86. The van der Waals surface area contributed by atoms with E-state index < -0.39 is 17.6 Å². The molecule has 5 rings (SSSR count). The van der Waals surface area contributed by atoms with Crippen LogP contribution in [-0.2, 0) is 0 Å². The van der Waals surface area contributed by atoms with Gasteiger partial charge in [0.05, 0.1) is 0 Å². The largest absolute Gasteiger partial charge is 0.0654 e. The Morgan fingerprint density at radius 1 is 1.11 bits per heavy atom. The van der Waals surface area contributed by atoms with Gasteiger partial charge < -0.3 is 0 Å². The Labute approximate surface area is 232 Å². The Morgan fingerprint density at radius 2 is 1.78 bits per heavy atom. The van der Waals surface area contributed by atoms with E-state index in [2.05, 4.69) is 56.0 Å². The zero-order valence-electron chi connectivity index (χ0n) is 21.8. The van der Waals surface area contributed by atoms with Crippen molar-refractivity contribution in [3.63, 3.8) is 0 Å². The zero-order valence-corrected chi connectivity index (χ0v) is 25.3. The summed E-state index contributed by atoms with van der Waals surface area (Å²) in [5.41, 5.74) is 4.25. The molecule has 1 spiro atoms. The molecule has 3 aromatic carbocycles. The number of fused-ring (bicyclic) bond motifs is 1. The van der Waals surface area contributed by atoms with Gasteiger partial charge in [-0.15, -0.1) is 0 Å². The molecule has 2 unspecified atom stereocenters. The van der Waals surface area contributed by atoms with Crippen molar-refractivity contribution in [1.29, 1.82) is 0 Å². The van der Waals surface area contributed by atoms with E-state index in [1.54, 1.807) is 6.07 Å². The number of para-hydroxylation sites is 1. The third kappa shape index (κ3) is 6.42. The van der Waals surface area contributed by atoms with Crippen molar-refractivity contribution in [2.45, 2.75) is 52.1 Å². The number of hydrogen-bond acceptors (Lipinski definition) is 2. The van der Waals surface area contributed by atoms with Crippen LogP contribution in [0.4, 0.5) is 15.8 Å². The molecule has 195 valence electrons. The minimum Gasteiger partial charge on any atom is -0.0654 e. The van der Waals surface area contributed by atoms with Crippen molar-refractivity contribution in [2.75, 3.05) is 23.8 Å². The number of carboxylic acid groups (broad SMARTS) is 1. The molecular weight excluding hydrogens is 567 g/mol. The number of nitrogens with zero attached hydrogens (tertiary/aromatic N) is 1. The normalized spacial score (nSPS) is 20.7.